The van der Waals surface area contributed by atoms with Crippen LogP contribution < -0.4 is 9.75 Å². The summed E-state index contributed by atoms with van der Waals surface area (Å²) in [4.78, 5) is 4.83. The summed E-state index contributed by atoms with van der Waals surface area (Å²) in [6.07, 6.45) is 3.05. The van der Waals surface area contributed by atoms with Crippen molar-refractivity contribution < 1.29 is 30.2 Å². The van der Waals surface area contributed by atoms with Gasteiger partial charge >= 0.3 is 0 Å². The van der Waals surface area contributed by atoms with E-state index >= 15 is 0 Å². The number of aromatic nitrogens is 2. The maximum absolute atomic E-state index is 6.81. The van der Waals surface area contributed by atoms with E-state index < -0.39 is 6.17 Å². The molecular formula is C43H34N5O2Pt-3. The largest absolute Gasteiger partial charge is 0.508 e. The van der Waals surface area contributed by atoms with Crippen LogP contribution in [0.4, 0.5) is 5.69 Å². The zero-order chi connectivity index (χ0) is 34.1. The van der Waals surface area contributed by atoms with Crippen LogP contribution >= 0.6 is 0 Å². The molecule has 256 valence electrons. The molecule has 0 bridgehead atoms. The first-order valence-electron chi connectivity index (χ1n) is 16.8. The molecule has 51 heavy (non-hydrogen) atoms. The normalized spacial score (nSPS) is 14.5. The SMILES string of the molecule is Cc1cccc(C)c1N1N=C[N-]C1c1[c-]c(Oc2[c-]c3c(cc2)c2ccccc2n3-c2cc(C(C)(C)C)ccn2)c2c(c1)oc1ccccc12.[Pt]. The van der Waals surface area contributed by atoms with E-state index in [-0.39, 0.29) is 26.5 Å². The van der Waals surface area contributed by atoms with Gasteiger partial charge in [-0.05, 0) is 76.4 Å². The standard InChI is InChI=1S/C43H34N5O2.Pt/c1-26-11-10-12-27(2)41(26)48-42(45-25-46-48)28-21-37(40-33-14-7-9-16-36(33)50-38(40)22-28)49-30-17-18-32-31-13-6-8-15-34(31)47(35(32)24-30)39-23-29(19-20-44-39)43(3,4)5;/h6-20,22-23,25,42H,1-5H3;/q-3;. The number of hydrazone groups is 1. The third kappa shape index (κ3) is 5.48. The number of ether oxygens (including phenoxy) is 1. The van der Waals surface area contributed by atoms with E-state index in [0.717, 1.165) is 66.4 Å². The van der Waals surface area contributed by atoms with Gasteiger partial charge in [0.1, 0.15) is 11.4 Å². The van der Waals surface area contributed by atoms with Crippen LogP contribution in [0.3, 0.4) is 0 Å². The number of pyridine rings is 1. The minimum atomic E-state index is -0.440. The fraction of sp³-hybridized carbons (Fsp3) is 0.163. The quantitative estimate of drug-likeness (QED) is 0.162. The minimum absolute atomic E-state index is 0. The fourth-order valence-electron chi connectivity index (χ4n) is 7.11. The summed E-state index contributed by atoms with van der Waals surface area (Å²) in [6, 6.07) is 40.2. The molecule has 0 amide bonds. The number of hydrogen-bond donors (Lipinski definition) is 0. The maximum Gasteiger partial charge on any atom is 0.135 e. The van der Waals surface area contributed by atoms with E-state index in [9.17, 15) is 0 Å². The number of benzene rings is 5. The number of rotatable bonds is 5. The first-order valence-corrected chi connectivity index (χ1v) is 16.8. The molecule has 1 aliphatic rings. The number of furan rings is 1. The molecule has 9 rings (SSSR count). The second-order valence-corrected chi connectivity index (χ2v) is 13.9. The van der Waals surface area contributed by atoms with Gasteiger partial charge in [0.15, 0.2) is 0 Å². The molecule has 8 aromatic rings. The van der Waals surface area contributed by atoms with Crippen molar-refractivity contribution in [2.24, 2.45) is 5.10 Å². The Labute approximate surface area is 310 Å². The van der Waals surface area contributed by atoms with Crippen LogP contribution in [-0.4, -0.2) is 15.9 Å². The van der Waals surface area contributed by atoms with Crippen LogP contribution in [0.5, 0.6) is 11.5 Å². The summed E-state index contributed by atoms with van der Waals surface area (Å²) < 4.78 is 15.4. The van der Waals surface area contributed by atoms with Gasteiger partial charge in [0.2, 0.25) is 0 Å². The minimum Gasteiger partial charge on any atom is -0.508 e. The van der Waals surface area contributed by atoms with E-state index in [1.807, 2.05) is 47.6 Å². The van der Waals surface area contributed by atoms with Crippen molar-refractivity contribution >= 4 is 55.8 Å². The van der Waals surface area contributed by atoms with Crippen molar-refractivity contribution in [2.45, 2.75) is 46.2 Å². The summed E-state index contributed by atoms with van der Waals surface area (Å²) >= 11 is 0. The molecule has 0 radical (unpaired) electrons. The van der Waals surface area contributed by atoms with Gasteiger partial charge in [-0.15, -0.1) is 35.2 Å². The van der Waals surface area contributed by atoms with Gasteiger partial charge in [0, 0.05) is 61.7 Å². The first kappa shape index (κ1) is 32.8. The first-order chi connectivity index (χ1) is 24.2. The van der Waals surface area contributed by atoms with Gasteiger partial charge in [-0.3, -0.25) is 0 Å². The molecule has 0 saturated carbocycles. The molecule has 1 atom stereocenters. The maximum atomic E-state index is 6.81. The second kappa shape index (κ2) is 12.4. The van der Waals surface area contributed by atoms with E-state index in [2.05, 4.69) is 117 Å². The Balaban J connectivity index is 0.00000374. The predicted molar refractivity (Wildman–Crippen MR) is 202 cm³/mol. The number of para-hydroxylation sites is 3. The van der Waals surface area contributed by atoms with Crippen molar-refractivity contribution in [3.8, 4) is 17.3 Å². The zero-order valence-corrected chi connectivity index (χ0v) is 31.1. The molecule has 0 aliphatic carbocycles. The van der Waals surface area contributed by atoms with Crippen LogP contribution in [0.25, 0.3) is 54.9 Å². The van der Waals surface area contributed by atoms with Crippen molar-refractivity contribution in [3.63, 3.8) is 0 Å². The number of anilines is 1. The fourth-order valence-corrected chi connectivity index (χ4v) is 7.11. The molecule has 1 unspecified atom stereocenters. The molecule has 7 nitrogen and oxygen atoms in total. The molecule has 3 aromatic heterocycles. The Kier molecular flexibility index (Phi) is 7.99. The second-order valence-electron chi connectivity index (χ2n) is 13.9. The van der Waals surface area contributed by atoms with E-state index in [1.165, 1.54) is 5.56 Å². The Morgan fingerprint density at radius 1 is 0.804 bits per heavy atom. The van der Waals surface area contributed by atoms with E-state index in [0.29, 0.717) is 17.1 Å². The van der Waals surface area contributed by atoms with Crippen molar-refractivity contribution in [1.29, 1.82) is 0 Å². The summed E-state index contributed by atoms with van der Waals surface area (Å²) in [5, 5.41) is 15.4. The van der Waals surface area contributed by atoms with Crippen LogP contribution in [0.2, 0.25) is 0 Å². The Morgan fingerprint density at radius 2 is 1.57 bits per heavy atom. The number of fused-ring (bicyclic) bond motifs is 6. The third-order valence-electron chi connectivity index (χ3n) is 9.57. The van der Waals surface area contributed by atoms with Gasteiger partial charge in [-0.25, -0.2) is 4.98 Å². The summed E-state index contributed by atoms with van der Waals surface area (Å²) in [6.45, 7) is 10.8. The summed E-state index contributed by atoms with van der Waals surface area (Å²) in [5.41, 5.74) is 8.61. The number of hydrogen-bond acceptors (Lipinski definition) is 5. The van der Waals surface area contributed by atoms with Crippen LogP contribution in [0, 0.1) is 26.0 Å². The average molecular weight is 848 g/mol. The summed E-state index contributed by atoms with van der Waals surface area (Å²) in [7, 11) is 0. The third-order valence-corrected chi connectivity index (χ3v) is 9.57. The zero-order valence-electron chi connectivity index (χ0n) is 28.8. The molecule has 0 saturated heterocycles. The molecule has 4 heterocycles. The molecule has 8 heteroatoms. The number of nitrogens with zero attached hydrogens (tertiary/aromatic N) is 5. The molecular weight excluding hydrogens is 814 g/mol. The van der Waals surface area contributed by atoms with Crippen molar-refractivity contribution in [1.82, 2.24) is 9.55 Å². The van der Waals surface area contributed by atoms with Gasteiger partial charge in [-0.2, -0.15) is 6.07 Å². The average Bonchev–Trinajstić information content (AvgIpc) is 3.82. The topological polar surface area (TPSA) is 69.9 Å². The van der Waals surface area contributed by atoms with Gasteiger partial charge in [0.25, 0.3) is 0 Å². The van der Waals surface area contributed by atoms with Gasteiger partial charge < -0.3 is 29.1 Å². The Hall–Kier alpha value is -5.39. The molecule has 0 N–H and O–H groups in total. The smallest absolute Gasteiger partial charge is 0.135 e. The molecule has 5 aromatic carbocycles. The predicted octanol–water partition coefficient (Wildman–Crippen LogP) is 11.2. The Morgan fingerprint density at radius 3 is 2.37 bits per heavy atom. The molecule has 0 spiro atoms. The van der Waals surface area contributed by atoms with E-state index in [4.69, 9.17) is 19.5 Å². The van der Waals surface area contributed by atoms with Crippen LogP contribution in [0.1, 0.15) is 49.2 Å². The summed E-state index contributed by atoms with van der Waals surface area (Å²) in [5.74, 6) is 1.93. The van der Waals surface area contributed by atoms with Gasteiger partial charge in [0.05, 0.1) is 0 Å². The van der Waals surface area contributed by atoms with Crippen LogP contribution in [0.15, 0.2) is 113 Å². The molecule has 1 aliphatic heterocycles. The van der Waals surface area contributed by atoms with Crippen LogP contribution in [-0.2, 0) is 26.5 Å². The van der Waals surface area contributed by atoms with Crippen molar-refractivity contribution in [3.05, 3.63) is 143 Å². The Bertz CT molecular complexity index is 2630. The number of aryl methyl sites for hydroxylation is 2. The monoisotopic (exact) mass is 847 g/mol. The van der Waals surface area contributed by atoms with Gasteiger partial charge in [-0.1, -0.05) is 87.2 Å². The van der Waals surface area contributed by atoms with Crippen molar-refractivity contribution in [2.75, 3.05) is 5.01 Å². The van der Waals surface area contributed by atoms with E-state index in [1.54, 1.807) is 6.34 Å². The molecule has 0 fully saturated rings.